The molecule has 0 spiro atoms. The Bertz CT molecular complexity index is 471. The average molecular weight is 374 g/mol. The van der Waals surface area contributed by atoms with Gasteiger partial charge in [-0.2, -0.15) is 10.2 Å². The fourth-order valence-corrected chi connectivity index (χ4v) is 1.56. The zero-order valence-electron chi connectivity index (χ0n) is 14.7. The molecule has 0 aromatic rings. The molecule has 0 atom stereocenters. The summed E-state index contributed by atoms with van der Waals surface area (Å²) in [5, 5.41) is 9.70. The molecule has 1 heterocycles. The Morgan fingerprint density at radius 3 is 1.96 bits per heavy atom. The Kier molecular flexibility index (Phi) is 12.8. The third kappa shape index (κ3) is 13.2. The van der Waals surface area contributed by atoms with Crippen LogP contribution >= 0.6 is 0 Å². The summed E-state index contributed by atoms with van der Waals surface area (Å²) in [5.74, 6) is -0.382. The number of alkyl carbamates (subject to hydrolysis) is 1. The van der Waals surface area contributed by atoms with Crippen LogP contribution in [0.3, 0.4) is 0 Å². The van der Waals surface area contributed by atoms with Crippen molar-refractivity contribution in [2.75, 3.05) is 66.0 Å². The number of nitrogens with two attached hydrogens (primary N) is 1. The number of hydrogen-bond donors (Lipinski definition) is 2. The van der Waals surface area contributed by atoms with Gasteiger partial charge in [-0.05, 0) is 0 Å². The van der Waals surface area contributed by atoms with Crippen molar-refractivity contribution in [3.8, 4) is 0 Å². The SMILES string of the molecule is NC(=O)CCOCCOCCOCCOCCNC(=O)OCC1=CN=N1. The number of carbonyl (C=O) groups is 2. The standard InChI is InChI=1S/C15H26N4O7/c16-14(20)1-3-22-5-7-24-9-10-25-8-6-23-4-2-17-15(21)26-12-13-11-18-19-13/h11H,1-10,12H2,(H2,16,20)(H,17,21). The molecular formula is C15H26N4O7. The van der Waals surface area contributed by atoms with E-state index in [1.54, 1.807) is 0 Å². The molecular weight excluding hydrogens is 348 g/mol. The van der Waals surface area contributed by atoms with Crippen molar-refractivity contribution >= 4 is 12.0 Å². The fraction of sp³-hybridized carbons (Fsp3) is 0.733. The van der Waals surface area contributed by atoms with E-state index in [0.29, 0.717) is 65.1 Å². The maximum atomic E-state index is 11.3. The third-order valence-electron chi connectivity index (χ3n) is 2.87. The highest BCUT2D eigenvalue weighted by Gasteiger charge is 2.06. The first-order valence-electron chi connectivity index (χ1n) is 8.28. The highest BCUT2D eigenvalue weighted by Crippen LogP contribution is 2.08. The minimum absolute atomic E-state index is 0.117. The molecule has 0 bridgehead atoms. The number of primary amides is 1. The smallest absolute Gasteiger partial charge is 0.407 e. The van der Waals surface area contributed by atoms with E-state index in [2.05, 4.69) is 15.5 Å². The molecule has 148 valence electrons. The van der Waals surface area contributed by atoms with Gasteiger partial charge in [0.2, 0.25) is 5.91 Å². The van der Waals surface area contributed by atoms with E-state index in [9.17, 15) is 9.59 Å². The molecule has 11 heteroatoms. The molecule has 0 aromatic heterocycles. The van der Waals surface area contributed by atoms with Gasteiger partial charge in [0.1, 0.15) is 12.3 Å². The lowest BCUT2D eigenvalue weighted by Gasteiger charge is -2.09. The lowest BCUT2D eigenvalue weighted by atomic mass is 10.4. The molecule has 1 aliphatic heterocycles. The summed E-state index contributed by atoms with van der Waals surface area (Å²) in [6, 6.07) is 0. The molecule has 1 rings (SSSR count). The normalized spacial score (nSPS) is 12.4. The van der Waals surface area contributed by atoms with E-state index in [4.69, 9.17) is 29.4 Å². The Labute approximate surface area is 151 Å². The van der Waals surface area contributed by atoms with Crippen LogP contribution in [0.25, 0.3) is 0 Å². The van der Waals surface area contributed by atoms with Gasteiger partial charge in [0.05, 0.1) is 59.1 Å². The topological polar surface area (TPSA) is 143 Å². The van der Waals surface area contributed by atoms with E-state index >= 15 is 0 Å². The Morgan fingerprint density at radius 1 is 0.923 bits per heavy atom. The second-order valence-corrected chi connectivity index (χ2v) is 5.00. The first kappa shape index (κ1) is 22.0. The quantitative estimate of drug-likeness (QED) is 0.340. The first-order chi connectivity index (χ1) is 12.7. The van der Waals surface area contributed by atoms with Crippen LogP contribution in [-0.4, -0.2) is 78.0 Å². The maximum absolute atomic E-state index is 11.3. The number of nitrogens with one attached hydrogen (secondary N) is 1. The third-order valence-corrected chi connectivity index (χ3v) is 2.87. The van der Waals surface area contributed by atoms with Crippen LogP contribution in [0.15, 0.2) is 22.1 Å². The van der Waals surface area contributed by atoms with Gasteiger partial charge >= 0.3 is 6.09 Å². The second kappa shape index (κ2) is 15.2. The lowest BCUT2D eigenvalue weighted by Crippen LogP contribution is -2.29. The Morgan fingerprint density at radius 2 is 1.46 bits per heavy atom. The summed E-state index contributed by atoms with van der Waals surface area (Å²) < 4.78 is 25.9. The van der Waals surface area contributed by atoms with Crippen LogP contribution in [0.5, 0.6) is 0 Å². The summed E-state index contributed by atoms with van der Waals surface area (Å²) in [6.07, 6.45) is 1.22. The number of hydrogen-bond acceptors (Lipinski definition) is 9. The molecule has 0 aliphatic carbocycles. The lowest BCUT2D eigenvalue weighted by molar-refractivity contribution is -0.119. The summed E-state index contributed by atoms with van der Waals surface area (Å²) >= 11 is 0. The molecule has 26 heavy (non-hydrogen) atoms. The number of azo groups is 1. The Hall–Kier alpha value is -2.08. The van der Waals surface area contributed by atoms with Crippen molar-refractivity contribution in [1.82, 2.24) is 5.32 Å². The number of nitrogens with zero attached hydrogens (tertiary/aromatic N) is 2. The number of carbonyl (C=O) groups excluding carboxylic acids is 2. The van der Waals surface area contributed by atoms with Crippen LogP contribution in [0.4, 0.5) is 4.79 Å². The number of amides is 2. The molecule has 11 nitrogen and oxygen atoms in total. The highest BCUT2D eigenvalue weighted by molar-refractivity contribution is 5.73. The van der Waals surface area contributed by atoms with Crippen molar-refractivity contribution < 1.29 is 33.3 Å². The average Bonchev–Trinajstić information content (AvgIpc) is 2.56. The van der Waals surface area contributed by atoms with Crippen LogP contribution < -0.4 is 11.1 Å². The molecule has 0 fully saturated rings. The first-order valence-corrected chi connectivity index (χ1v) is 8.28. The van der Waals surface area contributed by atoms with Gasteiger partial charge in [0.25, 0.3) is 0 Å². The monoisotopic (exact) mass is 374 g/mol. The fourth-order valence-electron chi connectivity index (χ4n) is 1.56. The molecule has 0 unspecified atom stereocenters. The van der Waals surface area contributed by atoms with Crippen molar-refractivity contribution in [2.24, 2.45) is 16.0 Å². The molecule has 0 aromatic carbocycles. The predicted molar refractivity (Wildman–Crippen MR) is 89.4 cm³/mol. The van der Waals surface area contributed by atoms with Crippen LogP contribution in [0, 0.1) is 0 Å². The van der Waals surface area contributed by atoms with E-state index in [1.807, 2.05) is 0 Å². The summed E-state index contributed by atoms with van der Waals surface area (Å²) in [5.41, 5.74) is 5.61. The highest BCUT2D eigenvalue weighted by atomic mass is 16.6. The van der Waals surface area contributed by atoms with Crippen molar-refractivity contribution in [3.05, 3.63) is 11.9 Å². The molecule has 0 saturated heterocycles. The van der Waals surface area contributed by atoms with Gasteiger partial charge in [-0.1, -0.05) is 0 Å². The Balaban J connectivity index is 1.70. The van der Waals surface area contributed by atoms with Crippen molar-refractivity contribution in [3.63, 3.8) is 0 Å². The van der Waals surface area contributed by atoms with Gasteiger partial charge in [0.15, 0.2) is 0 Å². The van der Waals surface area contributed by atoms with Gasteiger partial charge in [0, 0.05) is 13.0 Å². The zero-order chi connectivity index (χ0) is 18.9. The largest absolute Gasteiger partial charge is 0.443 e. The van der Waals surface area contributed by atoms with Gasteiger partial charge in [-0.15, -0.1) is 0 Å². The number of ether oxygens (including phenoxy) is 5. The number of rotatable bonds is 17. The van der Waals surface area contributed by atoms with Crippen LogP contribution in [0.1, 0.15) is 6.42 Å². The van der Waals surface area contributed by atoms with Crippen molar-refractivity contribution in [2.45, 2.75) is 6.42 Å². The zero-order valence-corrected chi connectivity index (χ0v) is 14.7. The second-order valence-electron chi connectivity index (χ2n) is 5.00. The summed E-state index contributed by atoms with van der Waals surface area (Å²) in [6.45, 7) is 3.72. The van der Waals surface area contributed by atoms with Crippen LogP contribution in [-0.2, 0) is 28.5 Å². The molecule has 3 N–H and O–H groups in total. The van der Waals surface area contributed by atoms with E-state index in [1.165, 1.54) is 6.20 Å². The van der Waals surface area contributed by atoms with E-state index < -0.39 is 6.09 Å². The summed E-state index contributed by atoms with van der Waals surface area (Å²) in [7, 11) is 0. The summed E-state index contributed by atoms with van der Waals surface area (Å²) in [4.78, 5) is 21.7. The van der Waals surface area contributed by atoms with Crippen molar-refractivity contribution in [1.29, 1.82) is 0 Å². The minimum atomic E-state index is -0.524. The molecule has 1 aliphatic rings. The minimum Gasteiger partial charge on any atom is -0.443 e. The molecule has 0 saturated carbocycles. The van der Waals surface area contributed by atoms with Crippen LogP contribution in [0.2, 0.25) is 0 Å². The van der Waals surface area contributed by atoms with E-state index in [0.717, 1.165) is 0 Å². The molecule has 2 amide bonds. The van der Waals surface area contributed by atoms with E-state index in [-0.39, 0.29) is 18.9 Å². The van der Waals surface area contributed by atoms with Gasteiger partial charge < -0.3 is 34.7 Å². The van der Waals surface area contributed by atoms with Gasteiger partial charge in [-0.3, -0.25) is 4.79 Å². The maximum Gasteiger partial charge on any atom is 0.407 e. The molecule has 0 radical (unpaired) electrons. The predicted octanol–water partition coefficient (Wildman–Crippen LogP) is -0.0384. The van der Waals surface area contributed by atoms with Gasteiger partial charge in [-0.25, -0.2) is 4.79 Å².